The molecule has 0 amide bonds. The van der Waals surface area contributed by atoms with E-state index in [1.165, 1.54) is 0 Å². The van der Waals surface area contributed by atoms with Crippen LogP contribution in [0.5, 0.6) is 0 Å². The monoisotopic (exact) mass is 291 g/mol. The van der Waals surface area contributed by atoms with Crippen molar-refractivity contribution in [3.63, 3.8) is 0 Å². The summed E-state index contributed by atoms with van der Waals surface area (Å²) in [5.41, 5.74) is 0. The van der Waals surface area contributed by atoms with Crippen molar-refractivity contribution in [2.75, 3.05) is 0 Å². The van der Waals surface area contributed by atoms with Gasteiger partial charge in [-0.3, -0.25) is 0 Å². The summed E-state index contributed by atoms with van der Waals surface area (Å²) in [6, 6.07) is 1.72. The summed E-state index contributed by atoms with van der Waals surface area (Å²) in [5.74, 6) is 0. The first kappa shape index (κ1) is 6.93. The number of rotatable bonds is 0. The van der Waals surface area contributed by atoms with Crippen molar-refractivity contribution < 1.29 is 0 Å². The minimum atomic E-state index is 0. The Kier molecular flexibility index (Phi) is 4.06. The van der Waals surface area contributed by atoms with Crippen LogP contribution in [0.2, 0.25) is 0 Å². The standard InChI is InChI=1S/C3H3N3.Pb.2H/c1-2-4-6-5-3-1;;;/h1-3H;;;. The number of aromatic nitrogens is 3. The van der Waals surface area contributed by atoms with Crippen LogP contribution in [0.15, 0.2) is 18.5 Å². The third-order valence-electron chi connectivity index (χ3n) is 0.409. The van der Waals surface area contributed by atoms with E-state index >= 15 is 0 Å². The zero-order chi connectivity index (χ0) is 4.24. The zero-order valence-corrected chi connectivity index (χ0v) is 9.28. The predicted octanol–water partition coefficient (Wildman–Crippen LogP) is -1.04. The van der Waals surface area contributed by atoms with Crippen molar-refractivity contribution >= 4 is 27.3 Å². The Balaban J connectivity index is 0.000000360. The molecule has 7 heavy (non-hydrogen) atoms. The van der Waals surface area contributed by atoms with Crippen molar-refractivity contribution in [3.8, 4) is 0 Å². The molecule has 1 heterocycles. The minimum absolute atomic E-state index is 0. The summed E-state index contributed by atoms with van der Waals surface area (Å²) in [7, 11) is 0. The predicted molar refractivity (Wildman–Crippen MR) is 28.4 cm³/mol. The fourth-order valence-electron chi connectivity index (χ4n) is 0.205. The zero-order valence-electron chi connectivity index (χ0n) is 3.78. The van der Waals surface area contributed by atoms with Gasteiger partial charge in [-0.15, -0.1) is 10.2 Å². The second-order valence-corrected chi connectivity index (χ2v) is 0.811. The van der Waals surface area contributed by atoms with Crippen LogP contribution in [0.1, 0.15) is 0 Å². The second kappa shape index (κ2) is 4.10. The average molecular weight is 290 g/mol. The number of nitrogens with zero attached hydrogens (tertiary/aromatic N) is 3. The SMILES string of the molecule is [PbH2].c1cnnnc1. The molecular formula is C3H5N3Pb. The second-order valence-electron chi connectivity index (χ2n) is 0.811. The molecule has 0 aliphatic rings. The molecule has 1 aromatic heterocycles. The van der Waals surface area contributed by atoms with E-state index in [2.05, 4.69) is 15.4 Å². The molecule has 0 unspecified atom stereocenters. The molecule has 0 fully saturated rings. The van der Waals surface area contributed by atoms with E-state index in [4.69, 9.17) is 0 Å². The van der Waals surface area contributed by atoms with Crippen molar-refractivity contribution in [1.29, 1.82) is 0 Å². The Morgan fingerprint density at radius 1 is 1.00 bits per heavy atom. The fraction of sp³-hybridized carbons (Fsp3) is 0. The minimum Gasteiger partial charge on any atom is -0.139 e. The molecule has 0 saturated carbocycles. The van der Waals surface area contributed by atoms with Crippen LogP contribution in [0.4, 0.5) is 0 Å². The van der Waals surface area contributed by atoms with Gasteiger partial charge in [-0.05, 0) is 11.3 Å². The Hall–Kier alpha value is -0.0679. The quantitative estimate of drug-likeness (QED) is 0.573. The topological polar surface area (TPSA) is 38.7 Å². The van der Waals surface area contributed by atoms with E-state index in [1.807, 2.05) is 0 Å². The molecule has 0 bridgehead atoms. The Labute approximate surface area is 61.3 Å². The Morgan fingerprint density at radius 2 is 1.57 bits per heavy atom. The maximum absolute atomic E-state index is 3.42. The summed E-state index contributed by atoms with van der Waals surface area (Å²) in [6.07, 6.45) is 3.15. The van der Waals surface area contributed by atoms with Gasteiger partial charge in [0.05, 0.1) is 12.4 Å². The van der Waals surface area contributed by atoms with E-state index < -0.39 is 0 Å². The van der Waals surface area contributed by atoms with Gasteiger partial charge in [0, 0.05) is 0 Å². The summed E-state index contributed by atoms with van der Waals surface area (Å²) in [5, 5.41) is 10.1. The summed E-state index contributed by atoms with van der Waals surface area (Å²) in [6.45, 7) is 0. The van der Waals surface area contributed by atoms with Gasteiger partial charge in [0.2, 0.25) is 0 Å². The third-order valence-corrected chi connectivity index (χ3v) is 0.409. The molecule has 2 radical (unpaired) electrons. The molecule has 0 aliphatic heterocycles. The van der Waals surface area contributed by atoms with Gasteiger partial charge in [-0.25, -0.2) is 0 Å². The molecule has 0 aromatic carbocycles. The molecule has 1 rings (SSSR count). The molecule has 1 aromatic rings. The molecule has 36 valence electrons. The van der Waals surface area contributed by atoms with Crippen molar-refractivity contribution in [3.05, 3.63) is 18.5 Å². The van der Waals surface area contributed by atoms with Crippen LogP contribution >= 0.6 is 0 Å². The first-order chi connectivity index (χ1) is 3.00. The van der Waals surface area contributed by atoms with E-state index in [-0.39, 0.29) is 27.3 Å². The molecule has 0 saturated heterocycles. The molecule has 0 atom stereocenters. The van der Waals surface area contributed by atoms with Gasteiger partial charge in [0.25, 0.3) is 0 Å². The van der Waals surface area contributed by atoms with Crippen LogP contribution in [-0.2, 0) is 0 Å². The fourth-order valence-corrected chi connectivity index (χ4v) is 0.205. The van der Waals surface area contributed by atoms with E-state index in [0.717, 1.165) is 0 Å². The van der Waals surface area contributed by atoms with Crippen LogP contribution in [-0.4, -0.2) is 42.7 Å². The normalized spacial score (nSPS) is 6.86. The molecule has 3 nitrogen and oxygen atoms in total. The van der Waals surface area contributed by atoms with E-state index in [9.17, 15) is 0 Å². The van der Waals surface area contributed by atoms with E-state index in [0.29, 0.717) is 0 Å². The van der Waals surface area contributed by atoms with Gasteiger partial charge in [-0.1, -0.05) is 0 Å². The average Bonchev–Trinajstić information content (AvgIpc) is 1.72. The van der Waals surface area contributed by atoms with Crippen LogP contribution in [0.3, 0.4) is 0 Å². The van der Waals surface area contributed by atoms with Gasteiger partial charge < -0.3 is 0 Å². The van der Waals surface area contributed by atoms with Gasteiger partial charge in [-0.2, -0.15) is 0 Å². The Bertz CT molecular complexity index is 82.1. The summed E-state index contributed by atoms with van der Waals surface area (Å²) in [4.78, 5) is 0. The van der Waals surface area contributed by atoms with Crippen molar-refractivity contribution in [2.24, 2.45) is 0 Å². The van der Waals surface area contributed by atoms with Gasteiger partial charge in [0.15, 0.2) is 0 Å². The Morgan fingerprint density at radius 3 is 1.71 bits per heavy atom. The van der Waals surface area contributed by atoms with Crippen LogP contribution in [0, 0.1) is 0 Å². The maximum Gasteiger partial charge on any atom is 0.0529 e. The van der Waals surface area contributed by atoms with Crippen molar-refractivity contribution in [2.45, 2.75) is 0 Å². The number of hydrogen-bond donors (Lipinski definition) is 0. The number of hydrogen-bond acceptors (Lipinski definition) is 3. The third kappa shape index (κ3) is 2.61. The first-order valence-corrected chi connectivity index (χ1v) is 1.58. The molecular weight excluding hydrogens is 285 g/mol. The molecule has 0 N–H and O–H groups in total. The molecule has 0 aliphatic carbocycles. The largest absolute Gasteiger partial charge is 0.139 e. The maximum atomic E-state index is 3.42. The van der Waals surface area contributed by atoms with E-state index in [1.54, 1.807) is 18.5 Å². The van der Waals surface area contributed by atoms with Gasteiger partial charge in [0.1, 0.15) is 0 Å². The molecule has 0 spiro atoms. The summed E-state index contributed by atoms with van der Waals surface area (Å²) >= 11 is 0. The van der Waals surface area contributed by atoms with Crippen LogP contribution in [0.25, 0.3) is 0 Å². The smallest absolute Gasteiger partial charge is 0.0529 e. The summed E-state index contributed by atoms with van der Waals surface area (Å²) < 4.78 is 0. The van der Waals surface area contributed by atoms with Crippen LogP contribution < -0.4 is 0 Å². The van der Waals surface area contributed by atoms with Crippen molar-refractivity contribution in [1.82, 2.24) is 15.4 Å². The first-order valence-electron chi connectivity index (χ1n) is 1.58. The van der Waals surface area contributed by atoms with Gasteiger partial charge >= 0.3 is 27.3 Å². The molecule has 4 heteroatoms.